The number of carbonyl (C=O) groups excluding carboxylic acids is 1. The summed E-state index contributed by atoms with van der Waals surface area (Å²) in [6, 6.07) is 6.35. The molecule has 3 atom stereocenters. The van der Waals surface area contributed by atoms with Gasteiger partial charge in [-0.15, -0.1) is 0 Å². The molecule has 6 heteroatoms. The van der Waals surface area contributed by atoms with E-state index in [4.69, 9.17) is 4.74 Å². The summed E-state index contributed by atoms with van der Waals surface area (Å²) in [6.07, 6.45) is -0.515. The van der Waals surface area contributed by atoms with Crippen LogP contribution in [0.2, 0.25) is 0 Å². The van der Waals surface area contributed by atoms with Crippen LogP contribution in [0.1, 0.15) is 25.5 Å². The lowest BCUT2D eigenvalue weighted by Crippen LogP contribution is -2.44. The average molecular weight is 321 g/mol. The summed E-state index contributed by atoms with van der Waals surface area (Å²) in [6.45, 7) is 4.56. The van der Waals surface area contributed by atoms with Gasteiger partial charge in [0.25, 0.3) is 0 Å². The fourth-order valence-electron chi connectivity index (χ4n) is 3.53. The highest BCUT2D eigenvalue weighted by atomic mass is 19.1. The molecule has 1 unspecified atom stereocenters. The zero-order valence-electron chi connectivity index (χ0n) is 13.2. The molecule has 1 heterocycles. The molecule has 1 saturated heterocycles. The molecule has 1 aromatic rings. The van der Waals surface area contributed by atoms with Crippen LogP contribution in [0.15, 0.2) is 24.3 Å². The number of carbonyl (C=O) groups is 2. The van der Waals surface area contributed by atoms with Gasteiger partial charge < -0.3 is 14.7 Å². The average Bonchev–Trinajstić information content (AvgIpc) is 3.10. The summed E-state index contributed by atoms with van der Waals surface area (Å²) in [7, 11) is 0. The third-order valence-corrected chi connectivity index (χ3v) is 4.99. The lowest BCUT2D eigenvalue weighted by molar-refractivity contribution is -0.145. The van der Waals surface area contributed by atoms with Crippen LogP contribution in [0.4, 0.5) is 4.39 Å². The zero-order chi connectivity index (χ0) is 16.8. The van der Waals surface area contributed by atoms with Crippen LogP contribution in [0.3, 0.4) is 0 Å². The molecule has 2 aliphatic rings. The van der Waals surface area contributed by atoms with Crippen LogP contribution in [0.5, 0.6) is 0 Å². The van der Waals surface area contributed by atoms with E-state index in [-0.39, 0.29) is 18.3 Å². The van der Waals surface area contributed by atoms with Crippen molar-refractivity contribution < 1.29 is 23.8 Å². The van der Waals surface area contributed by atoms with Gasteiger partial charge in [0.15, 0.2) is 0 Å². The Hall–Kier alpha value is -1.95. The second-order valence-corrected chi connectivity index (χ2v) is 6.78. The van der Waals surface area contributed by atoms with Crippen molar-refractivity contribution in [3.63, 3.8) is 0 Å². The monoisotopic (exact) mass is 321 g/mol. The number of hydrogen-bond donors (Lipinski definition) is 1. The molecule has 3 rings (SSSR count). The third-order valence-electron chi connectivity index (χ3n) is 4.99. The van der Waals surface area contributed by atoms with Gasteiger partial charge in [-0.2, -0.15) is 0 Å². The van der Waals surface area contributed by atoms with E-state index in [1.54, 1.807) is 36.9 Å². The molecule has 23 heavy (non-hydrogen) atoms. The van der Waals surface area contributed by atoms with Crippen molar-refractivity contribution in [1.29, 1.82) is 0 Å². The Morgan fingerprint density at radius 3 is 2.61 bits per heavy atom. The van der Waals surface area contributed by atoms with Crippen molar-refractivity contribution in [1.82, 2.24) is 4.90 Å². The molecule has 0 spiro atoms. The molecule has 0 bridgehead atoms. The highest BCUT2D eigenvalue weighted by Gasteiger charge is 2.66. The Labute approximate surface area is 134 Å². The maximum absolute atomic E-state index is 13.9. The third kappa shape index (κ3) is 2.72. The number of halogens is 1. The van der Waals surface area contributed by atoms with Crippen molar-refractivity contribution in [2.45, 2.75) is 20.0 Å². The number of carboxylic acids is 1. The fourth-order valence-corrected chi connectivity index (χ4v) is 3.53. The predicted molar refractivity (Wildman–Crippen MR) is 80.1 cm³/mol. The van der Waals surface area contributed by atoms with Crippen LogP contribution < -0.4 is 0 Å². The summed E-state index contributed by atoms with van der Waals surface area (Å²) < 4.78 is 19.5. The number of ether oxygens (including phenoxy) is 1. The summed E-state index contributed by atoms with van der Waals surface area (Å²) in [5.74, 6) is -2.63. The number of rotatable bonds is 3. The molecule has 1 amide bonds. The molecule has 1 aliphatic heterocycles. The molecule has 2 fully saturated rings. The van der Waals surface area contributed by atoms with Gasteiger partial charge >= 0.3 is 5.97 Å². The van der Waals surface area contributed by atoms with Gasteiger partial charge in [-0.1, -0.05) is 32.0 Å². The van der Waals surface area contributed by atoms with Gasteiger partial charge in [-0.25, -0.2) is 4.39 Å². The molecular weight excluding hydrogens is 301 g/mol. The van der Waals surface area contributed by atoms with E-state index < -0.39 is 29.3 Å². The molecular formula is C17H20FNO4. The number of morpholine rings is 1. The normalized spacial score (nSPS) is 29.2. The van der Waals surface area contributed by atoms with E-state index in [9.17, 15) is 19.1 Å². The number of amides is 1. The van der Waals surface area contributed by atoms with Crippen LogP contribution in [0, 0.1) is 23.1 Å². The molecule has 0 radical (unpaired) electrons. The van der Waals surface area contributed by atoms with Gasteiger partial charge in [-0.3, -0.25) is 9.59 Å². The maximum atomic E-state index is 13.9. The quantitative estimate of drug-likeness (QED) is 0.925. The van der Waals surface area contributed by atoms with Crippen molar-refractivity contribution in [3.8, 4) is 0 Å². The van der Waals surface area contributed by atoms with Crippen molar-refractivity contribution in [2.75, 3.05) is 19.7 Å². The molecule has 0 aromatic heterocycles. The highest BCUT2D eigenvalue weighted by Crippen LogP contribution is 2.59. The second-order valence-electron chi connectivity index (χ2n) is 6.78. The standard InChI is InChI=1S/C17H20FNO4/c1-17(2)13(14(17)16(21)22)15(20)19-7-8-23-12(9-19)10-5-3-4-6-11(10)18/h3-6,12-14H,7-9H2,1-2H3,(H,21,22)/t12?,13-,14+/m1/s1. The van der Waals surface area contributed by atoms with E-state index in [0.717, 1.165) is 0 Å². The molecule has 1 saturated carbocycles. The first kappa shape index (κ1) is 15.9. The van der Waals surface area contributed by atoms with E-state index in [1.165, 1.54) is 6.07 Å². The summed E-state index contributed by atoms with van der Waals surface area (Å²) in [5, 5.41) is 9.23. The minimum absolute atomic E-state index is 0.174. The minimum atomic E-state index is -0.938. The number of carboxylic acid groups (broad SMARTS) is 1. The number of hydrogen-bond acceptors (Lipinski definition) is 3. The Balaban J connectivity index is 1.74. The van der Waals surface area contributed by atoms with Crippen LogP contribution in [-0.2, 0) is 14.3 Å². The number of aliphatic carboxylic acids is 1. The van der Waals surface area contributed by atoms with Gasteiger partial charge in [0.05, 0.1) is 25.0 Å². The van der Waals surface area contributed by atoms with Gasteiger partial charge in [0.2, 0.25) is 5.91 Å². The summed E-state index contributed by atoms with van der Waals surface area (Å²) >= 11 is 0. The lowest BCUT2D eigenvalue weighted by atomic mass is 10.1. The van der Waals surface area contributed by atoms with Crippen molar-refractivity contribution in [2.24, 2.45) is 17.3 Å². The summed E-state index contributed by atoms with van der Waals surface area (Å²) in [4.78, 5) is 25.5. The molecule has 5 nitrogen and oxygen atoms in total. The van der Waals surface area contributed by atoms with Crippen LogP contribution in [0.25, 0.3) is 0 Å². The predicted octanol–water partition coefficient (Wildman–Crippen LogP) is 2.08. The first-order chi connectivity index (χ1) is 10.8. The van der Waals surface area contributed by atoms with Crippen LogP contribution in [-0.4, -0.2) is 41.6 Å². The number of nitrogens with zero attached hydrogens (tertiary/aromatic N) is 1. The topological polar surface area (TPSA) is 66.8 Å². The molecule has 1 aromatic carbocycles. The molecule has 124 valence electrons. The molecule has 1 aliphatic carbocycles. The van der Waals surface area contributed by atoms with Gasteiger partial charge in [0.1, 0.15) is 11.9 Å². The molecule has 1 N–H and O–H groups in total. The zero-order valence-corrected chi connectivity index (χ0v) is 13.2. The Morgan fingerprint density at radius 1 is 1.30 bits per heavy atom. The van der Waals surface area contributed by atoms with Crippen LogP contribution >= 0.6 is 0 Å². The highest BCUT2D eigenvalue weighted by molar-refractivity contribution is 5.91. The van der Waals surface area contributed by atoms with E-state index in [0.29, 0.717) is 18.7 Å². The van der Waals surface area contributed by atoms with Gasteiger partial charge in [-0.05, 0) is 11.5 Å². The second kappa shape index (κ2) is 5.60. The van der Waals surface area contributed by atoms with E-state index in [2.05, 4.69) is 0 Å². The largest absolute Gasteiger partial charge is 0.481 e. The van der Waals surface area contributed by atoms with Crippen molar-refractivity contribution in [3.05, 3.63) is 35.6 Å². The number of benzene rings is 1. The Kier molecular flexibility index (Phi) is 3.88. The SMILES string of the molecule is CC1(C)[C@H](C(=O)O)[C@@H]1C(=O)N1CCOC(c2ccccc2F)C1. The smallest absolute Gasteiger partial charge is 0.307 e. The maximum Gasteiger partial charge on any atom is 0.307 e. The van der Waals surface area contributed by atoms with E-state index in [1.807, 2.05) is 0 Å². The van der Waals surface area contributed by atoms with Crippen molar-refractivity contribution >= 4 is 11.9 Å². The summed E-state index contributed by atoms with van der Waals surface area (Å²) in [5.41, 5.74) is -0.107. The minimum Gasteiger partial charge on any atom is -0.481 e. The Morgan fingerprint density at radius 2 is 2.00 bits per heavy atom. The van der Waals surface area contributed by atoms with Gasteiger partial charge in [0, 0.05) is 12.1 Å². The Bertz CT molecular complexity index is 645. The lowest BCUT2D eigenvalue weighted by Gasteiger charge is -2.33. The fraction of sp³-hybridized carbons (Fsp3) is 0.529. The first-order valence-corrected chi connectivity index (χ1v) is 7.71. The van der Waals surface area contributed by atoms with E-state index >= 15 is 0 Å². The first-order valence-electron chi connectivity index (χ1n) is 7.71.